The highest BCUT2D eigenvalue weighted by Crippen LogP contribution is 2.37. The fourth-order valence-corrected chi connectivity index (χ4v) is 3.39. The van der Waals surface area contributed by atoms with Crippen LogP contribution >= 0.6 is 0 Å². The van der Waals surface area contributed by atoms with Gasteiger partial charge in [-0.05, 0) is 45.2 Å². The summed E-state index contributed by atoms with van der Waals surface area (Å²) >= 11 is 0. The van der Waals surface area contributed by atoms with Gasteiger partial charge in [0, 0.05) is 11.1 Å². The Kier molecular flexibility index (Phi) is 8.04. The number of carbonyl (C=O) groups excluding carboxylic acids is 1. The Balaban J connectivity index is 2.45. The molecule has 0 aliphatic carbocycles. The van der Waals surface area contributed by atoms with E-state index in [4.69, 9.17) is 9.47 Å². The molecule has 162 valence electrons. The highest BCUT2D eigenvalue weighted by Gasteiger charge is 2.25. The number of ether oxygens (including phenoxy) is 2. The molecule has 0 saturated carbocycles. The Morgan fingerprint density at radius 1 is 1.00 bits per heavy atom. The minimum Gasteiger partial charge on any atom is -0.481 e. The van der Waals surface area contributed by atoms with Gasteiger partial charge < -0.3 is 14.6 Å². The molecule has 30 heavy (non-hydrogen) atoms. The molecular formula is C25H32O5. The third-order valence-corrected chi connectivity index (χ3v) is 4.67. The number of carbonyl (C=O) groups is 2. The summed E-state index contributed by atoms with van der Waals surface area (Å²) in [6.07, 6.45) is 2.21. The highest BCUT2D eigenvalue weighted by atomic mass is 16.6. The van der Waals surface area contributed by atoms with E-state index >= 15 is 0 Å². The van der Waals surface area contributed by atoms with E-state index in [2.05, 4.69) is 6.92 Å². The lowest BCUT2D eigenvalue weighted by atomic mass is 9.92. The summed E-state index contributed by atoms with van der Waals surface area (Å²) < 4.78 is 11.8. The lowest BCUT2D eigenvalue weighted by molar-refractivity contribution is -0.154. The Morgan fingerprint density at radius 2 is 1.67 bits per heavy atom. The van der Waals surface area contributed by atoms with Gasteiger partial charge in [0.1, 0.15) is 17.1 Å². The van der Waals surface area contributed by atoms with Gasteiger partial charge in [0.2, 0.25) is 0 Å². The Hall–Kier alpha value is -2.82. The van der Waals surface area contributed by atoms with Crippen molar-refractivity contribution in [1.82, 2.24) is 0 Å². The maximum absolute atomic E-state index is 12.4. The standard InChI is InChI=1S/C25H32O5/c1-6-11-17-13-10-14-20(19(7-2)24(27)28)23(17)29-21-15-9-8-12-18(21)16-22(26)30-25(3,4)5/h8-10,12-15,19H,6-7,11,16H2,1-5H3,(H,27,28). The molecule has 5 heteroatoms. The molecule has 1 N–H and O–H groups in total. The summed E-state index contributed by atoms with van der Waals surface area (Å²) in [4.78, 5) is 24.2. The average molecular weight is 413 g/mol. The van der Waals surface area contributed by atoms with Crippen molar-refractivity contribution in [1.29, 1.82) is 0 Å². The van der Waals surface area contributed by atoms with E-state index < -0.39 is 17.5 Å². The van der Waals surface area contributed by atoms with Crippen LogP contribution in [0.15, 0.2) is 42.5 Å². The van der Waals surface area contributed by atoms with Crippen LogP contribution in [0, 0.1) is 0 Å². The lowest BCUT2D eigenvalue weighted by Crippen LogP contribution is -2.25. The normalized spacial score (nSPS) is 12.3. The van der Waals surface area contributed by atoms with Crippen molar-refractivity contribution in [2.45, 2.75) is 71.8 Å². The number of aliphatic carboxylic acids is 1. The number of hydrogen-bond acceptors (Lipinski definition) is 4. The predicted octanol–water partition coefficient (Wildman–Crippen LogP) is 5.89. The largest absolute Gasteiger partial charge is 0.481 e. The van der Waals surface area contributed by atoms with Gasteiger partial charge in [-0.2, -0.15) is 0 Å². The van der Waals surface area contributed by atoms with E-state index in [1.54, 1.807) is 6.07 Å². The van der Waals surface area contributed by atoms with Crippen molar-refractivity contribution >= 4 is 11.9 Å². The zero-order valence-corrected chi connectivity index (χ0v) is 18.5. The van der Waals surface area contributed by atoms with Crippen molar-refractivity contribution in [3.05, 3.63) is 59.2 Å². The molecule has 0 bridgehead atoms. The van der Waals surface area contributed by atoms with Crippen molar-refractivity contribution in [2.24, 2.45) is 0 Å². The van der Waals surface area contributed by atoms with Crippen LogP contribution in [0.25, 0.3) is 0 Å². The molecule has 0 aliphatic heterocycles. The number of esters is 1. The fraction of sp³-hybridized carbons (Fsp3) is 0.440. The second-order valence-corrected chi connectivity index (χ2v) is 8.36. The van der Waals surface area contributed by atoms with E-state index in [-0.39, 0.29) is 12.4 Å². The zero-order chi connectivity index (χ0) is 22.3. The number of carboxylic acid groups (broad SMARTS) is 1. The number of rotatable bonds is 9. The first-order valence-corrected chi connectivity index (χ1v) is 10.5. The van der Waals surface area contributed by atoms with E-state index in [1.807, 2.05) is 64.1 Å². The van der Waals surface area contributed by atoms with Crippen molar-refractivity contribution in [2.75, 3.05) is 0 Å². The summed E-state index contributed by atoms with van der Waals surface area (Å²) in [5.41, 5.74) is 1.75. The van der Waals surface area contributed by atoms with Gasteiger partial charge in [-0.3, -0.25) is 9.59 Å². The predicted molar refractivity (Wildman–Crippen MR) is 117 cm³/mol. The second kappa shape index (κ2) is 10.3. The van der Waals surface area contributed by atoms with Crippen LogP contribution in [-0.4, -0.2) is 22.6 Å². The second-order valence-electron chi connectivity index (χ2n) is 8.36. The van der Waals surface area contributed by atoms with E-state index in [9.17, 15) is 14.7 Å². The fourth-order valence-electron chi connectivity index (χ4n) is 3.39. The molecule has 0 saturated heterocycles. The maximum atomic E-state index is 12.4. The summed E-state index contributed by atoms with van der Waals surface area (Å²) in [7, 11) is 0. The van der Waals surface area contributed by atoms with Crippen LogP contribution in [0.4, 0.5) is 0 Å². The molecule has 2 aromatic carbocycles. The molecule has 2 rings (SSSR count). The van der Waals surface area contributed by atoms with Crippen molar-refractivity contribution in [3.63, 3.8) is 0 Å². The van der Waals surface area contributed by atoms with E-state index in [0.717, 1.165) is 18.4 Å². The van der Waals surface area contributed by atoms with Crippen LogP contribution in [0.1, 0.15) is 70.1 Å². The summed E-state index contributed by atoms with van der Waals surface area (Å²) in [6, 6.07) is 13.0. The zero-order valence-electron chi connectivity index (χ0n) is 18.5. The van der Waals surface area contributed by atoms with Gasteiger partial charge in [-0.25, -0.2) is 0 Å². The smallest absolute Gasteiger partial charge is 0.311 e. The van der Waals surface area contributed by atoms with Crippen LogP contribution in [-0.2, 0) is 27.2 Å². The van der Waals surface area contributed by atoms with Gasteiger partial charge in [0.15, 0.2) is 0 Å². The SMILES string of the molecule is CCCc1cccc(C(CC)C(=O)O)c1Oc1ccccc1CC(=O)OC(C)(C)C. The molecule has 0 heterocycles. The number of hydrogen-bond donors (Lipinski definition) is 1. The minimum atomic E-state index is -0.877. The third kappa shape index (κ3) is 6.34. The van der Waals surface area contributed by atoms with E-state index in [0.29, 0.717) is 29.0 Å². The summed E-state index contributed by atoms with van der Waals surface area (Å²) in [5, 5.41) is 9.70. The number of carboxylic acids is 1. The number of para-hydroxylation sites is 2. The molecule has 1 unspecified atom stereocenters. The first kappa shape index (κ1) is 23.5. The molecule has 0 spiro atoms. The third-order valence-electron chi connectivity index (χ3n) is 4.67. The molecule has 0 fully saturated rings. The molecule has 0 aliphatic rings. The number of benzene rings is 2. The van der Waals surface area contributed by atoms with Gasteiger partial charge in [0.25, 0.3) is 0 Å². The Bertz CT molecular complexity index is 879. The minimum absolute atomic E-state index is 0.0782. The molecule has 2 aromatic rings. The van der Waals surface area contributed by atoms with Crippen molar-refractivity contribution < 1.29 is 24.2 Å². The van der Waals surface area contributed by atoms with Gasteiger partial charge in [-0.1, -0.05) is 56.7 Å². The first-order chi connectivity index (χ1) is 14.2. The Labute approximate surface area is 179 Å². The van der Waals surface area contributed by atoms with Crippen LogP contribution in [0.3, 0.4) is 0 Å². The average Bonchev–Trinajstić information content (AvgIpc) is 2.64. The quantitative estimate of drug-likeness (QED) is 0.520. The molecule has 0 aromatic heterocycles. The number of aryl methyl sites for hydroxylation is 1. The molecular weight excluding hydrogens is 380 g/mol. The lowest BCUT2D eigenvalue weighted by Gasteiger charge is -2.22. The van der Waals surface area contributed by atoms with Crippen LogP contribution in [0.2, 0.25) is 0 Å². The first-order valence-electron chi connectivity index (χ1n) is 10.5. The van der Waals surface area contributed by atoms with E-state index in [1.165, 1.54) is 0 Å². The van der Waals surface area contributed by atoms with Gasteiger partial charge in [-0.15, -0.1) is 0 Å². The summed E-state index contributed by atoms with van der Waals surface area (Å²) in [5.74, 6) is -0.760. The maximum Gasteiger partial charge on any atom is 0.311 e. The molecule has 1 atom stereocenters. The van der Waals surface area contributed by atoms with Gasteiger partial charge in [0.05, 0.1) is 12.3 Å². The molecule has 0 amide bonds. The Morgan fingerprint density at radius 3 is 2.27 bits per heavy atom. The molecule has 0 radical (unpaired) electrons. The van der Waals surface area contributed by atoms with Gasteiger partial charge >= 0.3 is 11.9 Å². The van der Waals surface area contributed by atoms with Crippen molar-refractivity contribution in [3.8, 4) is 11.5 Å². The van der Waals surface area contributed by atoms with Crippen LogP contribution < -0.4 is 4.74 Å². The molecule has 5 nitrogen and oxygen atoms in total. The topological polar surface area (TPSA) is 72.8 Å². The van der Waals surface area contributed by atoms with Crippen LogP contribution in [0.5, 0.6) is 11.5 Å². The highest BCUT2D eigenvalue weighted by molar-refractivity contribution is 5.78. The summed E-state index contributed by atoms with van der Waals surface area (Å²) in [6.45, 7) is 9.42. The monoisotopic (exact) mass is 412 g/mol.